The van der Waals surface area contributed by atoms with E-state index in [1.165, 1.54) is 30.5 Å². The van der Waals surface area contributed by atoms with Crippen molar-refractivity contribution < 1.29 is 22.7 Å². The lowest BCUT2D eigenvalue weighted by atomic mass is 9.91. The number of rotatable bonds is 10. The van der Waals surface area contributed by atoms with E-state index in [-0.39, 0.29) is 42.4 Å². The predicted molar refractivity (Wildman–Crippen MR) is 116 cm³/mol. The Hall–Kier alpha value is -3.42. The number of benzene rings is 2. The highest BCUT2D eigenvalue weighted by atomic mass is 19.3. The van der Waals surface area contributed by atoms with Crippen LogP contribution in [0.15, 0.2) is 72.6 Å². The topological polar surface area (TPSA) is 81.6 Å². The maximum absolute atomic E-state index is 13.3. The van der Waals surface area contributed by atoms with Crippen molar-refractivity contribution >= 4 is 5.91 Å². The molecule has 0 aliphatic heterocycles. The maximum atomic E-state index is 13.3. The van der Waals surface area contributed by atoms with Gasteiger partial charge in [-0.15, -0.1) is 0 Å². The molecule has 1 aliphatic carbocycles. The second kappa shape index (κ2) is 10.3. The Kier molecular flexibility index (Phi) is 7.45. The molecule has 32 heavy (non-hydrogen) atoms. The lowest BCUT2D eigenvalue weighted by Gasteiger charge is -2.26. The molecule has 0 aromatic heterocycles. The Balaban J connectivity index is 1.76. The Morgan fingerprint density at radius 1 is 1.12 bits per heavy atom. The van der Waals surface area contributed by atoms with E-state index < -0.39 is 6.61 Å². The minimum absolute atomic E-state index is 0.0439. The van der Waals surface area contributed by atoms with E-state index in [1.807, 2.05) is 0 Å². The smallest absolute Gasteiger partial charge is 0.387 e. The van der Waals surface area contributed by atoms with E-state index in [0.29, 0.717) is 5.70 Å². The Bertz CT molecular complexity index is 969. The van der Waals surface area contributed by atoms with E-state index in [2.05, 4.69) is 4.74 Å². The summed E-state index contributed by atoms with van der Waals surface area (Å²) in [5, 5.41) is 0. The summed E-state index contributed by atoms with van der Waals surface area (Å²) in [6.45, 7) is -2.48. The third-order valence-corrected chi connectivity index (χ3v) is 5.47. The summed E-state index contributed by atoms with van der Waals surface area (Å²) in [5.74, 6) is -0.377. The van der Waals surface area contributed by atoms with E-state index in [9.17, 15) is 18.0 Å². The fraction of sp³-hybridized carbons (Fsp3) is 0.292. The average Bonchev–Trinajstić information content (AvgIpc) is 3.53. The average molecular weight is 445 g/mol. The van der Waals surface area contributed by atoms with E-state index in [1.54, 1.807) is 41.3 Å². The number of nitrogens with two attached hydrogens (primary N) is 2. The van der Waals surface area contributed by atoms with Crippen LogP contribution in [0.1, 0.15) is 30.4 Å². The summed E-state index contributed by atoms with van der Waals surface area (Å²) in [6.07, 6.45) is 6.50. The van der Waals surface area contributed by atoms with Gasteiger partial charge in [-0.05, 0) is 66.6 Å². The normalized spacial score (nSPS) is 15.2. The van der Waals surface area contributed by atoms with Crippen molar-refractivity contribution in [3.8, 4) is 5.75 Å². The van der Waals surface area contributed by atoms with Gasteiger partial charge in [0, 0.05) is 24.1 Å². The highest BCUT2D eigenvalue weighted by Gasteiger charge is 2.46. The predicted octanol–water partition coefficient (Wildman–Crippen LogP) is 4.19. The van der Waals surface area contributed by atoms with Gasteiger partial charge in [0.2, 0.25) is 5.91 Å². The van der Waals surface area contributed by atoms with E-state index in [0.717, 1.165) is 24.0 Å². The van der Waals surface area contributed by atoms with Crippen LogP contribution in [-0.4, -0.2) is 24.0 Å². The highest BCUT2D eigenvalue weighted by Crippen LogP contribution is 2.51. The van der Waals surface area contributed by atoms with Crippen LogP contribution in [0.25, 0.3) is 0 Å². The molecule has 8 heteroatoms. The van der Waals surface area contributed by atoms with Gasteiger partial charge in [0.1, 0.15) is 11.6 Å². The molecule has 2 aromatic carbocycles. The number of nitrogens with zero attached hydrogens (tertiary/aromatic N) is 1. The van der Waals surface area contributed by atoms with Crippen LogP contribution < -0.4 is 16.2 Å². The zero-order chi connectivity index (χ0) is 23.1. The second-order valence-corrected chi connectivity index (χ2v) is 7.86. The molecule has 0 atom stereocenters. The molecule has 0 bridgehead atoms. The molecule has 2 aromatic rings. The van der Waals surface area contributed by atoms with Crippen LogP contribution in [0, 0.1) is 5.82 Å². The number of amides is 1. The molecule has 1 fully saturated rings. The Morgan fingerprint density at radius 2 is 1.78 bits per heavy atom. The molecular weight excluding hydrogens is 419 g/mol. The molecule has 5 nitrogen and oxygen atoms in total. The van der Waals surface area contributed by atoms with Crippen molar-refractivity contribution in [2.24, 2.45) is 11.5 Å². The first-order chi connectivity index (χ1) is 15.3. The number of halogens is 3. The van der Waals surface area contributed by atoms with Crippen molar-refractivity contribution in [1.29, 1.82) is 0 Å². The molecule has 0 radical (unpaired) electrons. The molecule has 1 saturated carbocycles. The molecule has 0 heterocycles. The van der Waals surface area contributed by atoms with Crippen LogP contribution in [0.3, 0.4) is 0 Å². The molecular formula is C24H26F3N3O2. The number of ether oxygens (including phenoxy) is 1. The number of hydrogen-bond donors (Lipinski definition) is 2. The van der Waals surface area contributed by atoms with E-state index >= 15 is 0 Å². The third-order valence-electron chi connectivity index (χ3n) is 5.47. The van der Waals surface area contributed by atoms with Gasteiger partial charge in [-0.3, -0.25) is 4.79 Å². The van der Waals surface area contributed by atoms with E-state index in [4.69, 9.17) is 11.5 Å². The molecule has 0 unspecified atom stereocenters. The first-order valence-electron chi connectivity index (χ1n) is 10.2. The summed E-state index contributed by atoms with van der Waals surface area (Å²) in [5.41, 5.74) is 13.2. The van der Waals surface area contributed by atoms with Gasteiger partial charge in [0.15, 0.2) is 0 Å². The summed E-state index contributed by atoms with van der Waals surface area (Å²) in [6, 6.07) is 12.4. The largest absolute Gasteiger partial charge is 0.435 e. The second-order valence-electron chi connectivity index (χ2n) is 7.86. The van der Waals surface area contributed by atoms with Crippen molar-refractivity contribution in [3.63, 3.8) is 0 Å². The van der Waals surface area contributed by atoms with Gasteiger partial charge >= 0.3 is 6.61 Å². The lowest BCUT2D eigenvalue weighted by molar-refractivity contribution is -0.132. The minimum Gasteiger partial charge on any atom is -0.435 e. The summed E-state index contributed by atoms with van der Waals surface area (Å²) < 4.78 is 42.4. The third kappa shape index (κ3) is 6.29. The van der Waals surface area contributed by atoms with Crippen molar-refractivity contribution in [2.45, 2.75) is 37.8 Å². The zero-order valence-corrected chi connectivity index (χ0v) is 17.5. The maximum Gasteiger partial charge on any atom is 0.387 e. The summed E-state index contributed by atoms with van der Waals surface area (Å²) >= 11 is 0. The van der Waals surface area contributed by atoms with Crippen molar-refractivity contribution in [1.82, 2.24) is 4.90 Å². The zero-order valence-electron chi connectivity index (χ0n) is 17.5. The molecule has 0 saturated heterocycles. The van der Waals surface area contributed by atoms with Crippen molar-refractivity contribution in [3.05, 3.63) is 89.5 Å². The van der Waals surface area contributed by atoms with Crippen LogP contribution in [0.2, 0.25) is 0 Å². The number of carbonyl (C=O) groups is 1. The van der Waals surface area contributed by atoms with Crippen LogP contribution in [0.4, 0.5) is 13.2 Å². The first kappa shape index (κ1) is 23.2. The molecule has 1 aliphatic rings. The monoisotopic (exact) mass is 445 g/mol. The van der Waals surface area contributed by atoms with Crippen LogP contribution >= 0.6 is 0 Å². The summed E-state index contributed by atoms with van der Waals surface area (Å²) in [7, 11) is 0. The van der Waals surface area contributed by atoms with Gasteiger partial charge in [-0.25, -0.2) is 4.39 Å². The van der Waals surface area contributed by atoms with Gasteiger partial charge in [-0.1, -0.05) is 24.3 Å². The minimum atomic E-state index is -2.90. The Morgan fingerprint density at radius 3 is 2.34 bits per heavy atom. The Labute approximate surface area is 185 Å². The SMILES string of the molecule is N/C=C\C=C(/N)CN(Cc1ccc(OC(F)F)cc1)C(=O)CC1(c2ccc(F)cc2)CC1. The van der Waals surface area contributed by atoms with Crippen molar-refractivity contribution in [2.75, 3.05) is 6.54 Å². The molecule has 4 N–H and O–H groups in total. The summed E-state index contributed by atoms with van der Waals surface area (Å²) in [4.78, 5) is 14.9. The number of hydrogen-bond acceptors (Lipinski definition) is 4. The molecule has 3 rings (SSSR count). The first-order valence-corrected chi connectivity index (χ1v) is 10.2. The van der Waals surface area contributed by atoms with Gasteiger partial charge < -0.3 is 21.1 Å². The number of carbonyl (C=O) groups excluding carboxylic acids is 1. The number of allylic oxidation sites excluding steroid dienone is 2. The molecule has 0 spiro atoms. The lowest BCUT2D eigenvalue weighted by Crippen LogP contribution is -2.36. The fourth-order valence-electron chi connectivity index (χ4n) is 3.60. The molecule has 1 amide bonds. The number of alkyl halides is 2. The molecule has 170 valence electrons. The van der Waals surface area contributed by atoms with Gasteiger partial charge in [0.05, 0.1) is 6.54 Å². The van der Waals surface area contributed by atoms with Gasteiger partial charge in [-0.2, -0.15) is 8.78 Å². The van der Waals surface area contributed by atoms with Crippen LogP contribution in [-0.2, 0) is 16.8 Å². The quantitative estimate of drug-likeness (QED) is 0.538. The fourth-order valence-corrected chi connectivity index (χ4v) is 3.60. The highest BCUT2D eigenvalue weighted by molar-refractivity contribution is 5.79. The van der Waals surface area contributed by atoms with Gasteiger partial charge in [0.25, 0.3) is 0 Å². The van der Waals surface area contributed by atoms with Crippen LogP contribution in [0.5, 0.6) is 5.75 Å². The standard InChI is InChI=1S/C24H26F3N3O2/c25-19-7-5-18(6-8-19)24(11-12-24)14-22(31)30(16-20(29)2-1-13-28)15-17-3-9-21(10-4-17)32-23(26)27/h1-10,13,23H,11-12,14-16,28-29H2/b13-1-,20-2-.